The molecule has 1 aromatic carbocycles. The third-order valence-corrected chi connectivity index (χ3v) is 2.74. The van der Waals surface area contributed by atoms with E-state index in [4.69, 9.17) is 4.74 Å². The molecule has 0 bridgehead atoms. The zero-order valence-corrected chi connectivity index (χ0v) is 11.4. The zero-order valence-electron chi connectivity index (χ0n) is 11.4. The predicted octanol–water partition coefficient (Wildman–Crippen LogP) is 1.19. The molecule has 0 saturated heterocycles. The van der Waals surface area contributed by atoms with E-state index in [0.717, 1.165) is 6.54 Å². The van der Waals surface area contributed by atoms with E-state index >= 15 is 0 Å². The summed E-state index contributed by atoms with van der Waals surface area (Å²) in [6.07, 6.45) is 0. The molecule has 4 heteroatoms. The summed E-state index contributed by atoms with van der Waals surface area (Å²) in [5.74, 6) is 0.0307. The minimum absolute atomic E-state index is 0.0307. The molecule has 0 saturated carbocycles. The molecule has 0 unspecified atom stereocenters. The summed E-state index contributed by atoms with van der Waals surface area (Å²) >= 11 is 0. The topological polar surface area (TPSA) is 41.6 Å². The van der Waals surface area contributed by atoms with Crippen LogP contribution >= 0.6 is 0 Å². The van der Waals surface area contributed by atoms with Crippen LogP contribution in [-0.4, -0.2) is 44.7 Å². The second kappa shape index (κ2) is 7.84. The van der Waals surface area contributed by atoms with Gasteiger partial charge in [-0.3, -0.25) is 9.69 Å². The fraction of sp³-hybridized carbons (Fsp3) is 0.500. The molecular formula is C14H22N2O2. The average molecular weight is 250 g/mol. The second-order valence-corrected chi connectivity index (χ2v) is 4.44. The van der Waals surface area contributed by atoms with E-state index in [0.29, 0.717) is 19.7 Å². The lowest BCUT2D eigenvalue weighted by molar-refractivity contribution is -0.122. The number of nitrogens with zero attached hydrogens (tertiary/aromatic N) is 1. The fourth-order valence-electron chi connectivity index (χ4n) is 1.73. The van der Waals surface area contributed by atoms with Gasteiger partial charge in [0.1, 0.15) is 0 Å². The number of carbonyl (C=O) groups is 1. The van der Waals surface area contributed by atoms with E-state index in [9.17, 15) is 4.79 Å². The van der Waals surface area contributed by atoms with Crippen molar-refractivity contribution in [2.45, 2.75) is 13.5 Å². The van der Waals surface area contributed by atoms with Crippen molar-refractivity contribution in [3.8, 4) is 0 Å². The number of rotatable bonds is 7. The highest BCUT2D eigenvalue weighted by atomic mass is 16.5. The van der Waals surface area contributed by atoms with Crippen LogP contribution < -0.4 is 5.32 Å². The van der Waals surface area contributed by atoms with Crippen LogP contribution in [-0.2, 0) is 16.1 Å². The Bertz CT molecular complexity index is 380. The number of amides is 1. The Hall–Kier alpha value is -1.39. The standard InChI is InChI=1S/C14H22N2O2/c1-12-6-4-5-7-13(12)10-16(2)11-14(17)15-8-9-18-3/h4-7H,8-11H2,1-3H3,(H,15,17). The van der Waals surface area contributed by atoms with Crippen LogP contribution in [0.25, 0.3) is 0 Å². The van der Waals surface area contributed by atoms with Crippen molar-refractivity contribution in [1.82, 2.24) is 10.2 Å². The molecule has 0 aliphatic carbocycles. The van der Waals surface area contributed by atoms with Gasteiger partial charge in [0.15, 0.2) is 0 Å². The Labute approximate surface area is 109 Å². The highest BCUT2D eigenvalue weighted by Gasteiger charge is 2.07. The van der Waals surface area contributed by atoms with Crippen LogP contribution in [0.1, 0.15) is 11.1 Å². The lowest BCUT2D eigenvalue weighted by atomic mass is 10.1. The van der Waals surface area contributed by atoms with Crippen LogP contribution in [0.2, 0.25) is 0 Å². The van der Waals surface area contributed by atoms with Gasteiger partial charge < -0.3 is 10.1 Å². The molecule has 1 amide bonds. The molecule has 0 radical (unpaired) electrons. The van der Waals surface area contributed by atoms with E-state index in [-0.39, 0.29) is 5.91 Å². The van der Waals surface area contributed by atoms with Gasteiger partial charge in [0.2, 0.25) is 5.91 Å². The summed E-state index contributed by atoms with van der Waals surface area (Å²) in [6, 6.07) is 8.22. The predicted molar refractivity (Wildman–Crippen MR) is 72.4 cm³/mol. The summed E-state index contributed by atoms with van der Waals surface area (Å²) < 4.78 is 4.88. The Morgan fingerprint density at radius 1 is 1.39 bits per heavy atom. The van der Waals surface area contributed by atoms with E-state index < -0.39 is 0 Å². The maximum absolute atomic E-state index is 11.6. The third-order valence-electron chi connectivity index (χ3n) is 2.74. The summed E-state index contributed by atoms with van der Waals surface area (Å²) in [7, 11) is 3.57. The van der Waals surface area contributed by atoms with Gasteiger partial charge in [-0.15, -0.1) is 0 Å². The molecule has 4 nitrogen and oxygen atoms in total. The first-order valence-electron chi connectivity index (χ1n) is 6.12. The molecule has 100 valence electrons. The zero-order chi connectivity index (χ0) is 13.4. The minimum Gasteiger partial charge on any atom is -0.383 e. The lowest BCUT2D eigenvalue weighted by Crippen LogP contribution is -2.36. The van der Waals surface area contributed by atoms with E-state index in [1.165, 1.54) is 11.1 Å². The van der Waals surface area contributed by atoms with Crippen molar-refractivity contribution in [2.75, 3.05) is 33.9 Å². The number of aryl methyl sites for hydroxylation is 1. The van der Waals surface area contributed by atoms with E-state index in [1.54, 1.807) is 7.11 Å². The molecule has 0 aliphatic heterocycles. The number of hydrogen-bond acceptors (Lipinski definition) is 3. The van der Waals surface area contributed by atoms with Crippen LogP contribution in [0.5, 0.6) is 0 Å². The fourth-order valence-corrected chi connectivity index (χ4v) is 1.73. The first-order valence-corrected chi connectivity index (χ1v) is 6.12. The van der Waals surface area contributed by atoms with Gasteiger partial charge in [-0.2, -0.15) is 0 Å². The highest BCUT2D eigenvalue weighted by molar-refractivity contribution is 5.77. The smallest absolute Gasteiger partial charge is 0.234 e. The van der Waals surface area contributed by atoms with Crippen molar-refractivity contribution in [3.63, 3.8) is 0 Å². The Morgan fingerprint density at radius 2 is 2.11 bits per heavy atom. The third kappa shape index (κ3) is 5.29. The molecule has 0 atom stereocenters. The molecule has 0 aromatic heterocycles. The summed E-state index contributed by atoms with van der Waals surface area (Å²) in [6.45, 7) is 4.38. The average Bonchev–Trinajstić information content (AvgIpc) is 2.32. The highest BCUT2D eigenvalue weighted by Crippen LogP contribution is 2.08. The molecule has 0 spiro atoms. The number of methoxy groups -OCH3 is 1. The van der Waals surface area contributed by atoms with Gasteiger partial charge in [-0.05, 0) is 25.1 Å². The Morgan fingerprint density at radius 3 is 2.78 bits per heavy atom. The quantitative estimate of drug-likeness (QED) is 0.739. The summed E-state index contributed by atoms with van der Waals surface area (Å²) in [5, 5.41) is 2.81. The molecular weight excluding hydrogens is 228 g/mol. The molecule has 0 aliphatic rings. The van der Waals surface area contributed by atoms with Crippen LogP contribution in [0.3, 0.4) is 0 Å². The number of ether oxygens (including phenoxy) is 1. The second-order valence-electron chi connectivity index (χ2n) is 4.44. The van der Waals surface area contributed by atoms with Crippen molar-refractivity contribution in [2.24, 2.45) is 0 Å². The van der Waals surface area contributed by atoms with Crippen LogP contribution in [0, 0.1) is 6.92 Å². The number of hydrogen-bond donors (Lipinski definition) is 1. The number of likely N-dealkylation sites (N-methyl/N-ethyl adjacent to an activating group) is 1. The molecule has 0 heterocycles. The normalized spacial score (nSPS) is 10.7. The first kappa shape index (κ1) is 14.7. The minimum atomic E-state index is 0.0307. The number of carbonyl (C=O) groups excluding carboxylic acids is 1. The molecule has 1 aromatic rings. The largest absolute Gasteiger partial charge is 0.383 e. The van der Waals surface area contributed by atoms with Gasteiger partial charge in [-0.25, -0.2) is 0 Å². The Balaban J connectivity index is 2.35. The summed E-state index contributed by atoms with van der Waals surface area (Å²) in [5.41, 5.74) is 2.51. The van der Waals surface area contributed by atoms with Gasteiger partial charge in [-0.1, -0.05) is 24.3 Å². The van der Waals surface area contributed by atoms with Crippen molar-refractivity contribution in [1.29, 1.82) is 0 Å². The van der Waals surface area contributed by atoms with Gasteiger partial charge in [0, 0.05) is 20.2 Å². The van der Waals surface area contributed by atoms with Gasteiger partial charge in [0.05, 0.1) is 13.2 Å². The molecule has 1 N–H and O–H groups in total. The monoisotopic (exact) mass is 250 g/mol. The Kier molecular flexibility index (Phi) is 6.39. The van der Waals surface area contributed by atoms with E-state index in [1.807, 2.05) is 24.1 Å². The molecule has 1 rings (SSSR count). The SMILES string of the molecule is COCCNC(=O)CN(C)Cc1ccccc1C. The van der Waals surface area contributed by atoms with Crippen molar-refractivity contribution >= 4 is 5.91 Å². The van der Waals surface area contributed by atoms with Gasteiger partial charge >= 0.3 is 0 Å². The first-order chi connectivity index (χ1) is 8.63. The van der Waals surface area contributed by atoms with Crippen LogP contribution in [0.15, 0.2) is 24.3 Å². The maximum Gasteiger partial charge on any atom is 0.234 e. The molecule has 0 fully saturated rings. The lowest BCUT2D eigenvalue weighted by Gasteiger charge is -2.17. The number of nitrogens with one attached hydrogen (secondary N) is 1. The van der Waals surface area contributed by atoms with E-state index in [2.05, 4.69) is 24.4 Å². The van der Waals surface area contributed by atoms with Gasteiger partial charge in [0.25, 0.3) is 0 Å². The maximum atomic E-state index is 11.6. The van der Waals surface area contributed by atoms with Crippen molar-refractivity contribution < 1.29 is 9.53 Å². The van der Waals surface area contributed by atoms with Crippen LogP contribution in [0.4, 0.5) is 0 Å². The summed E-state index contributed by atoms with van der Waals surface area (Å²) in [4.78, 5) is 13.6. The van der Waals surface area contributed by atoms with Crippen molar-refractivity contribution in [3.05, 3.63) is 35.4 Å². The molecule has 18 heavy (non-hydrogen) atoms. The number of benzene rings is 1.